The van der Waals surface area contributed by atoms with Crippen LogP contribution in [0.1, 0.15) is 23.1 Å². The molecular formula is C22H29FN2. The second kappa shape index (κ2) is 9.12. The lowest BCUT2D eigenvalue weighted by atomic mass is 10.1. The molecule has 2 nitrogen and oxygen atoms in total. The van der Waals surface area contributed by atoms with Crippen molar-refractivity contribution in [2.24, 2.45) is 0 Å². The summed E-state index contributed by atoms with van der Waals surface area (Å²) in [5.41, 5.74) is 3.63. The van der Waals surface area contributed by atoms with Gasteiger partial charge < -0.3 is 9.80 Å². The van der Waals surface area contributed by atoms with Gasteiger partial charge in [0, 0.05) is 32.7 Å². The van der Waals surface area contributed by atoms with Gasteiger partial charge in [0.25, 0.3) is 0 Å². The highest BCUT2D eigenvalue weighted by Gasteiger charge is 2.16. The Balaban J connectivity index is 1.34. The summed E-state index contributed by atoms with van der Waals surface area (Å²) >= 11 is 0. The number of aryl methyl sites for hydroxylation is 2. The van der Waals surface area contributed by atoms with Gasteiger partial charge in [0.15, 0.2) is 0 Å². The van der Waals surface area contributed by atoms with E-state index < -0.39 is 0 Å². The monoisotopic (exact) mass is 340 g/mol. The maximum atomic E-state index is 13.7. The molecule has 0 atom stereocenters. The fraction of sp³-hybridized carbons (Fsp3) is 0.455. The molecule has 2 aromatic carbocycles. The fourth-order valence-corrected chi connectivity index (χ4v) is 3.59. The molecule has 1 aliphatic heterocycles. The average Bonchev–Trinajstić information content (AvgIpc) is 2.62. The zero-order chi connectivity index (χ0) is 17.5. The molecule has 0 aromatic heterocycles. The molecule has 0 unspecified atom stereocenters. The highest BCUT2D eigenvalue weighted by atomic mass is 19.1. The van der Waals surface area contributed by atoms with Crippen LogP contribution < -0.4 is 0 Å². The molecule has 25 heavy (non-hydrogen) atoms. The van der Waals surface area contributed by atoms with Gasteiger partial charge >= 0.3 is 0 Å². The van der Waals surface area contributed by atoms with E-state index in [4.69, 9.17) is 0 Å². The van der Waals surface area contributed by atoms with E-state index in [1.807, 2.05) is 12.1 Å². The zero-order valence-corrected chi connectivity index (χ0v) is 15.3. The van der Waals surface area contributed by atoms with Crippen LogP contribution in [-0.4, -0.2) is 49.1 Å². The Bertz CT molecular complexity index is 663. The quantitative estimate of drug-likeness (QED) is 0.754. The minimum atomic E-state index is -0.0720. The predicted molar refractivity (Wildman–Crippen MR) is 102 cm³/mol. The van der Waals surface area contributed by atoms with Crippen molar-refractivity contribution in [3.63, 3.8) is 0 Å². The van der Waals surface area contributed by atoms with Crippen molar-refractivity contribution in [1.29, 1.82) is 0 Å². The normalized spacial score (nSPS) is 16.2. The van der Waals surface area contributed by atoms with E-state index in [0.717, 1.165) is 51.1 Å². The van der Waals surface area contributed by atoms with Crippen molar-refractivity contribution in [3.05, 3.63) is 71.0 Å². The maximum absolute atomic E-state index is 13.7. The fourth-order valence-electron chi connectivity index (χ4n) is 3.59. The summed E-state index contributed by atoms with van der Waals surface area (Å²) in [5, 5.41) is 0. The molecule has 1 aliphatic rings. The summed E-state index contributed by atoms with van der Waals surface area (Å²) in [6, 6.07) is 16.0. The van der Waals surface area contributed by atoms with E-state index >= 15 is 0 Å². The van der Waals surface area contributed by atoms with Gasteiger partial charge in [0.1, 0.15) is 5.82 Å². The topological polar surface area (TPSA) is 6.48 Å². The number of benzene rings is 2. The van der Waals surface area contributed by atoms with Crippen LogP contribution in [0.15, 0.2) is 48.5 Å². The third-order valence-electron chi connectivity index (χ3n) is 5.14. The minimum Gasteiger partial charge on any atom is -0.301 e. The summed E-state index contributed by atoms with van der Waals surface area (Å²) in [7, 11) is 0. The third-order valence-corrected chi connectivity index (χ3v) is 5.14. The first kappa shape index (κ1) is 18.1. The van der Waals surface area contributed by atoms with Gasteiger partial charge in [0.05, 0.1) is 0 Å². The first-order valence-corrected chi connectivity index (χ1v) is 9.44. The number of piperazine rings is 1. The van der Waals surface area contributed by atoms with Gasteiger partial charge in [-0.25, -0.2) is 4.39 Å². The number of rotatable bonds is 7. The molecular weight excluding hydrogens is 311 g/mol. The summed E-state index contributed by atoms with van der Waals surface area (Å²) in [6.07, 6.45) is 3.19. The van der Waals surface area contributed by atoms with Crippen LogP contribution in [0, 0.1) is 12.7 Å². The summed E-state index contributed by atoms with van der Waals surface area (Å²) in [5.74, 6) is -0.0720. The van der Waals surface area contributed by atoms with E-state index in [2.05, 4.69) is 41.0 Å². The van der Waals surface area contributed by atoms with Gasteiger partial charge in [-0.3, -0.25) is 0 Å². The molecule has 0 aliphatic carbocycles. The van der Waals surface area contributed by atoms with Crippen molar-refractivity contribution in [2.45, 2.75) is 26.2 Å². The number of hydrogen-bond donors (Lipinski definition) is 0. The van der Waals surface area contributed by atoms with E-state index in [1.54, 1.807) is 12.1 Å². The van der Waals surface area contributed by atoms with E-state index in [1.165, 1.54) is 24.1 Å². The molecule has 1 fully saturated rings. The van der Waals surface area contributed by atoms with Gasteiger partial charge in [-0.2, -0.15) is 0 Å². The summed E-state index contributed by atoms with van der Waals surface area (Å²) in [6.45, 7) is 8.74. The van der Waals surface area contributed by atoms with Gasteiger partial charge in [-0.15, -0.1) is 0 Å². The molecule has 1 heterocycles. The highest BCUT2D eigenvalue weighted by molar-refractivity contribution is 5.22. The molecule has 0 spiro atoms. The number of halogens is 1. The van der Waals surface area contributed by atoms with Gasteiger partial charge in [-0.1, -0.05) is 48.0 Å². The van der Waals surface area contributed by atoms with Crippen molar-refractivity contribution in [3.8, 4) is 0 Å². The van der Waals surface area contributed by atoms with Crippen molar-refractivity contribution < 1.29 is 4.39 Å². The molecule has 0 amide bonds. The average molecular weight is 340 g/mol. The molecule has 3 heteroatoms. The standard InChI is InChI=1S/C22H29FN2/c1-19-6-4-7-20(18-19)8-5-12-24-14-16-25(17-15-24)13-11-21-9-2-3-10-22(21)23/h2-4,6-7,9-10,18H,5,8,11-17H2,1H3. The van der Waals surface area contributed by atoms with Crippen LogP contribution in [-0.2, 0) is 12.8 Å². The van der Waals surface area contributed by atoms with Crippen LogP contribution in [0.2, 0.25) is 0 Å². The Morgan fingerprint density at radius 1 is 0.840 bits per heavy atom. The van der Waals surface area contributed by atoms with Gasteiger partial charge in [-0.05, 0) is 49.9 Å². The van der Waals surface area contributed by atoms with E-state index in [0.29, 0.717) is 0 Å². The van der Waals surface area contributed by atoms with Gasteiger partial charge in [0.2, 0.25) is 0 Å². The SMILES string of the molecule is Cc1cccc(CCCN2CCN(CCc3ccccc3F)CC2)c1. The summed E-state index contributed by atoms with van der Waals surface area (Å²) < 4.78 is 13.7. The molecule has 1 saturated heterocycles. The molecule has 2 aromatic rings. The van der Waals surface area contributed by atoms with Crippen LogP contribution in [0.4, 0.5) is 4.39 Å². The second-order valence-electron chi connectivity index (χ2n) is 7.12. The molecule has 3 rings (SSSR count). The molecule has 134 valence electrons. The van der Waals surface area contributed by atoms with Crippen molar-refractivity contribution >= 4 is 0 Å². The molecule has 0 N–H and O–H groups in total. The maximum Gasteiger partial charge on any atom is 0.126 e. The van der Waals surface area contributed by atoms with Crippen molar-refractivity contribution in [2.75, 3.05) is 39.3 Å². The number of hydrogen-bond acceptors (Lipinski definition) is 2. The second-order valence-corrected chi connectivity index (χ2v) is 7.12. The van der Waals surface area contributed by atoms with Crippen molar-refractivity contribution in [1.82, 2.24) is 9.80 Å². The predicted octanol–water partition coefficient (Wildman–Crippen LogP) is 3.93. The lowest BCUT2D eigenvalue weighted by molar-refractivity contribution is 0.132. The lowest BCUT2D eigenvalue weighted by Crippen LogP contribution is -2.47. The Kier molecular flexibility index (Phi) is 6.60. The highest BCUT2D eigenvalue weighted by Crippen LogP contribution is 2.11. The Hall–Kier alpha value is -1.71. The largest absolute Gasteiger partial charge is 0.301 e. The first-order valence-electron chi connectivity index (χ1n) is 9.44. The Morgan fingerprint density at radius 2 is 1.56 bits per heavy atom. The van der Waals surface area contributed by atoms with E-state index in [9.17, 15) is 4.39 Å². The minimum absolute atomic E-state index is 0.0720. The van der Waals surface area contributed by atoms with E-state index in [-0.39, 0.29) is 5.82 Å². The Labute approximate surface area is 151 Å². The molecule has 0 radical (unpaired) electrons. The Morgan fingerprint density at radius 3 is 2.28 bits per heavy atom. The smallest absolute Gasteiger partial charge is 0.126 e. The van der Waals surface area contributed by atoms with Crippen LogP contribution in [0.25, 0.3) is 0 Å². The third kappa shape index (κ3) is 5.65. The van der Waals surface area contributed by atoms with Crippen LogP contribution >= 0.6 is 0 Å². The first-order chi connectivity index (χ1) is 12.2. The lowest BCUT2D eigenvalue weighted by Gasteiger charge is -2.34. The van der Waals surface area contributed by atoms with Crippen LogP contribution in [0.5, 0.6) is 0 Å². The molecule has 0 saturated carbocycles. The molecule has 0 bridgehead atoms. The zero-order valence-electron chi connectivity index (χ0n) is 15.3. The number of nitrogens with zero attached hydrogens (tertiary/aromatic N) is 2. The van der Waals surface area contributed by atoms with Crippen LogP contribution in [0.3, 0.4) is 0 Å². The summed E-state index contributed by atoms with van der Waals surface area (Å²) in [4.78, 5) is 5.03.